The quantitative estimate of drug-likeness (QED) is 0.385. The molecule has 0 bridgehead atoms. The summed E-state index contributed by atoms with van der Waals surface area (Å²) < 4.78 is 141. The normalized spacial score (nSPS) is 14.6. The Balaban J connectivity index is 5.25. The predicted molar refractivity (Wildman–Crippen MR) is 47.8 cm³/mol. The Morgan fingerprint density at radius 2 is 1.30 bits per heavy atom. The van der Waals surface area contributed by atoms with Gasteiger partial charge in [-0.25, -0.2) is 9.53 Å². The van der Waals surface area contributed by atoms with Gasteiger partial charge in [-0.3, -0.25) is 0 Å². The van der Waals surface area contributed by atoms with Crippen molar-refractivity contribution >= 4 is 5.97 Å². The Morgan fingerprint density at radius 3 is 1.65 bits per heavy atom. The van der Waals surface area contributed by atoms with Crippen molar-refractivity contribution in [2.45, 2.75) is 36.8 Å². The molecular weight excluding hydrogens is 365 g/mol. The molecule has 0 aromatic carbocycles. The molecule has 136 valence electrons. The van der Waals surface area contributed by atoms with Gasteiger partial charge < -0.3 is 4.74 Å². The summed E-state index contributed by atoms with van der Waals surface area (Å²) in [5, 5.41) is 0. The maximum absolute atomic E-state index is 12.8. The van der Waals surface area contributed by atoms with Gasteiger partial charge in [0, 0.05) is 6.08 Å². The minimum Gasteiger partial charge on any atom is -0.397 e. The lowest BCUT2D eigenvalue weighted by Crippen LogP contribution is -2.56. The standard InChI is InChI=1S/C9H5F11O3/c1-2-4(21)22-5(10,11)3-6(12,13)23-9(19,20)7(14,15)8(16,17)18/h2H,1,3H2. The van der Waals surface area contributed by atoms with E-state index >= 15 is 0 Å². The number of carbonyl (C=O) groups excluding carboxylic acids is 1. The van der Waals surface area contributed by atoms with Crippen LogP contribution in [-0.4, -0.2) is 36.4 Å². The van der Waals surface area contributed by atoms with Crippen molar-refractivity contribution < 1.29 is 62.6 Å². The second-order valence-electron chi connectivity index (χ2n) is 3.77. The lowest BCUT2D eigenvalue weighted by atomic mass is 10.3. The van der Waals surface area contributed by atoms with E-state index in [4.69, 9.17) is 0 Å². The van der Waals surface area contributed by atoms with E-state index in [-0.39, 0.29) is 6.08 Å². The van der Waals surface area contributed by atoms with Crippen LogP contribution in [0.4, 0.5) is 48.3 Å². The molecule has 0 fully saturated rings. The summed E-state index contributed by atoms with van der Waals surface area (Å²) in [7, 11) is 0. The highest BCUT2D eigenvalue weighted by Gasteiger charge is 2.76. The molecule has 0 heterocycles. The van der Waals surface area contributed by atoms with Crippen LogP contribution in [-0.2, 0) is 14.3 Å². The summed E-state index contributed by atoms with van der Waals surface area (Å²) in [5.74, 6) is -9.10. The average molecular weight is 370 g/mol. The summed E-state index contributed by atoms with van der Waals surface area (Å²) in [5.41, 5.74) is 0. The van der Waals surface area contributed by atoms with Crippen LogP contribution in [0.3, 0.4) is 0 Å². The smallest absolute Gasteiger partial charge is 0.397 e. The largest absolute Gasteiger partial charge is 0.462 e. The molecule has 0 aliphatic rings. The molecule has 0 radical (unpaired) electrons. The minimum atomic E-state index is -7.10. The molecule has 0 atom stereocenters. The SMILES string of the molecule is C=CC(=O)OC(F)(F)CC(F)(F)OC(F)(F)C(F)(F)C(F)(F)F. The van der Waals surface area contributed by atoms with E-state index in [1.807, 2.05) is 4.74 Å². The van der Waals surface area contributed by atoms with E-state index in [0.717, 1.165) is 0 Å². The minimum absolute atomic E-state index is 0.0549. The number of hydrogen-bond acceptors (Lipinski definition) is 3. The molecule has 0 unspecified atom stereocenters. The first-order valence-electron chi connectivity index (χ1n) is 5.00. The summed E-state index contributed by atoms with van der Waals surface area (Å²) >= 11 is 0. The number of rotatable bonds is 7. The Labute approximate surface area is 119 Å². The zero-order valence-corrected chi connectivity index (χ0v) is 10.4. The Kier molecular flexibility index (Phi) is 5.70. The van der Waals surface area contributed by atoms with Gasteiger partial charge in [-0.05, 0) is 0 Å². The molecule has 0 spiro atoms. The van der Waals surface area contributed by atoms with Gasteiger partial charge in [-0.1, -0.05) is 6.58 Å². The highest BCUT2D eigenvalue weighted by molar-refractivity contribution is 5.81. The molecule has 0 saturated carbocycles. The van der Waals surface area contributed by atoms with Crippen molar-refractivity contribution in [2.24, 2.45) is 0 Å². The number of ether oxygens (including phenoxy) is 2. The zero-order chi connectivity index (χ0) is 18.9. The maximum Gasteiger partial charge on any atom is 0.462 e. The zero-order valence-electron chi connectivity index (χ0n) is 10.4. The van der Waals surface area contributed by atoms with E-state index in [0.29, 0.717) is 0 Å². The molecule has 0 rings (SSSR count). The highest BCUT2D eigenvalue weighted by Crippen LogP contribution is 2.50. The van der Waals surface area contributed by atoms with Crippen LogP contribution in [0.25, 0.3) is 0 Å². The van der Waals surface area contributed by atoms with Crippen LogP contribution in [0.1, 0.15) is 6.42 Å². The molecule has 0 amide bonds. The van der Waals surface area contributed by atoms with E-state index < -0.39 is 42.8 Å². The topological polar surface area (TPSA) is 35.5 Å². The van der Waals surface area contributed by atoms with Crippen molar-refractivity contribution in [3.63, 3.8) is 0 Å². The Morgan fingerprint density at radius 1 is 0.870 bits per heavy atom. The molecule has 23 heavy (non-hydrogen) atoms. The van der Waals surface area contributed by atoms with Gasteiger partial charge >= 0.3 is 36.4 Å². The van der Waals surface area contributed by atoms with E-state index in [2.05, 4.69) is 11.3 Å². The molecule has 0 N–H and O–H groups in total. The molecule has 0 aromatic rings. The van der Waals surface area contributed by atoms with Crippen LogP contribution in [0, 0.1) is 0 Å². The summed E-state index contributed by atoms with van der Waals surface area (Å²) in [6, 6.07) is 0. The van der Waals surface area contributed by atoms with E-state index in [9.17, 15) is 53.1 Å². The van der Waals surface area contributed by atoms with Gasteiger partial charge in [0.25, 0.3) is 0 Å². The number of alkyl halides is 11. The third-order valence-electron chi connectivity index (χ3n) is 1.83. The summed E-state index contributed by atoms with van der Waals surface area (Å²) in [4.78, 5) is 10.4. The third kappa shape index (κ3) is 5.51. The van der Waals surface area contributed by atoms with E-state index in [1.165, 1.54) is 0 Å². The lowest BCUT2D eigenvalue weighted by molar-refractivity contribution is -0.479. The van der Waals surface area contributed by atoms with Crippen LogP contribution in [0.2, 0.25) is 0 Å². The Bertz CT molecular complexity index is 454. The van der Waals surface area contributed by atoms with Gasteiger partial charge in [-0.15, -0.1) is 0 Å². The molecular formula is C9H5F11O3. The first-order chi connectivity index (χ1) is 9.87. The van der Waals surface area contributed by atoms with Gasteiger partial charge in [0.05, 0.1) is 0 Å². The molecule has 0 aliphatic heterocycles. The van der Waals surface area contributed by atoms with E-state index in [1.54, 1.807) is 0 Å². The van der Waals surface area contributed by atoms with Crippen molar-refractivity contribution in [3.8, 4) is 0 Å². The van der Waals surface area contributed by atoms with Crippen molar-refractivity contribution in [3.05, 3.63) is 12.7 Å². The van der Waals surface area contributed by atoms with Crippen LogP contribution < -0.4 is 0 Å². The number of halogens is 11. The molecule has 3 nitrogen and oxygen atoms in total. The van der Waals surface area contributed by atoms with Gasteiger partial charge in [0.1, 0.15) is 6.42 Å². The van der Waals surface area contributed by atoms with Gasteiger partial charge in [0.2, 0.25) is 0 Å². The summed E-state index contributed by atoms with van der Waals surface area (Å²) in [6.07, 6.45) is -28.2. The van der Waals surface area contributed by atoms with Crippen LogP contribution in [0.5, 0.6) is 0 Å². The maximum atomic E-state index is 12.8. The molecule has 0 aliphatic carbocycles. The fourth-order valence-electron chi connectivity index (χ4n) is 0.917. The molecule has 0 aromatic heterocycles. The monoisotopic (exact) mass is 370 g/mol. The van der Waals surface area contributed by atoms with Crippen molar-refractivity contribution in [1.29, 1.82) is 0 Å². The molecule has 14 heteroatoms. The first-order valence-corrected chi connectivity index (χ1v) is 5.00. The molecule has 0 saturated heterocycles. The fourth-order valence-corrected chi connectivity index (χ4v) is 0.917. The van der Waals surface area contributed by atoms with Crippen LogP contribution in [0.15, 0.2) is 12.7 Å². The lowest BCUT2D eigenvalue weighted by Gasteiger charge is -2.31. The number of hydrogen-bond donors (Lipinski definition) is 0. The second-order valence-corrected chi connectivity index (χ2v) is 3.77. The number of carbonyl (C=O) groups is 1. The van der Waals surface area contributed by atoms with Crippen LogP contribution >= 0.6 is 0 Å². The fraction of sp³-hybridized carbons (Fsp3) is 0.667. The predicted octanol–water partition coefficient (Wildman–Crippen LogP) is 4.10. The summed E-state index contributed by atoms with van der Waals surface area (Å²) in [6.45, 7) is 2.59. The van der Waals surface area contributed by atoms with Crippen molar-refractivity contribution in [1.82, 2.24) is 0 Å². The average Bonchev–Trinajstić information content (AvgIpc) is 2.22. The first kappa shape index (κ1) is 21.4. The Hall–Kier alpha value is -1.60. The number of esters is 1. The second kappa shape index (κ2) is 6.13. The third-order valence-corrected chi connectivity index (χ3v) is 1.83. The van der Waals surface area contributed by atoms with Gasteiger partial charge in [0.15, 0.2) is 0 Å². The van der Waals surface area contributed by atoms with Gasteiger partial charge in [-0.2, -0.15) is 48.3 Å². The van der Waals surface area contributed by atoms with Crippen molar-refractivity contribution in [2.75, 3.05) is 0 Å². The highest BCUT2D eigenvalue weighted by atomic mass is 19.4.